The van der Waals surface area contributed by atoms with E-state index in [9.17, 15) is 5.11 Å². The minimum absolute atomic E-state index is 0.199. The summed E-state index contributed by atoms with van der Waals surface area (Å²) in [5, 5.41) is 13.7. The van der Waals surface area contributed by atoms with Gasteiger partial charge in [0.2, 0.25) is 0 Å². The van der Waals surface area contributed by atoms with Crippen LogP contribution in [0, 0.1) is 5.92 Å². The van der Waals surface area contributed by atoms with Crippen molar-refractivity contribution in [2.75, 3.05) is 25.0 Å². The number of halogens is 1. The Labute approximate surface area is 132 Å². The number of aromatic nitrogens is 1. The predicted octanol–water partition coefficient (Wildman–Crippen LogP) is 3.15. The second-order valence-electron chi connectivity index (χ2n) is 5.91. The highest BCUT2D eigenvalue weighted by Gasteiger charge is 2.23. The summed E-state index contributed by atoms with van der Waals surface area (Å²) in [6.45, 7) is 7.74. The molecule has 0 bridgehead atoms. The fourth-order valence-corrected chi connectivity index (χ4v) is 2.92. The van der Waals surface area contributed by atoms with Crippen molar-refractivity contribution >= 4 is 17.4 Å². The molecule has 1 saturated heterocycles. The summed E-state index contributed by atoms with van der Waals surface area (Å²) in [6, 6.07) is 3.85. The molecule has 0 aromatic carbocycles. The Morgan fingerprint density at radius 1 is 1.43 bits per heavy atom. The van der Waals surface area contributed by atoms with Gasteiger partial charge in [-0.15, -0.1) is 0 Å². The van der Waals surface area contributed by atoms with Crippen LogP contribution in [0.2, 0.25) is 5.02 Å². The van der Waals surface area contributed by atoms with Gasteiger partial charge in [0.15, 0.2) is 0 Å². The van der Waals surface area contributed by atoms with E-state index in [-0.39, 0.29) is 6.10 Å². The molecule has 2 rings (SSSR count). The Hall–Kier alpha value is -0.840. The van der Waals surface area contributed by atoms with E-state index >= 15 is 0 Å². The van der Waals surface area contributed by atoms with E-state index in [0.717, 1.165) is 62.0 Å². The summed E-state index contributed by atoms with van der Waals surface area (Å²) in [7, 11) is 0. The standard InChI is InChI=1S/C16H26ClN3O/c1-3-8-18-16-5-4-14(17)15(19-16)11-20-9-6-13(7-10-20)12(2)21/h4-5,12-13,21H,3,6-11H2,1-2H3,(H,18,19). The van der Waals surface area contributed by atoms with E-state index in [1.165, 1.54) is 0 Å². The molecule has 1 atom stereocenters. The number of nitrogens with one attached hydrogen (secondary N) is 1. The number of piperidine rings is 1. The number of anilines is 1. The quantitative estimate of drug-likeness (QED) is 0.847. The Bertz CT molecular complexity index is 445. The first-order chi connectivity index (χ1) is 10.1. The fraction of sp³-hybridized carbons (Fsp3) is 0.688. The summed E-state index contributed by atoms with van der Waals surface area (Å²) in [5.41, 5.74) is 0.938. The second kappa shape index (κ2) is 7.97. The molecular formula is C16H26ClN3O. The van der Waals surface area contributed by atoms with Crippen LogP contribution in [0.3, 0.4) is 0 Å². The first-order valence-electron chi connectivity index (χ1n) is 7.90. The van der Waals surface area contributed by atoms with Gasteiger partial charge in [-0.2, -0.15) is 0 Å². The van der Waals surface area contributed by atoms with E-state index in [2.05, 4.69) is 22.1 Å². The van der Waals surface area contributed by atoms with Crippen LogP contribution in [0.25, 0.3) is 0 Å². The largest absolute Gasteiger partial charge is 0.393 e. The van der Waals surface area contributed by atoms with Gasteiger partial charge in [-0.3, -0.25) is 4.90 Å². The van der Waals surface area contributed by atoms with Crippen molar-refractivity contribution in [3.63, 3.8) is 0 Å². The highest BCUT2D eigenvalue weighted by atomic mass is 35.5. The van der Waals surface area contributed by atoms with Gasteiger partial charge in [0.05, 0.1) is 16.8 Å². The van der Waals surface area contributed by atoms with Crippen molar-refractivity contribution in [1.82, 2.24) is 9.88 Å². The molecule has 1 aliphatic rings. The number of aliphatic hydroxyl groups excluding tert-OH is 1. The molecule has 2 N–H and O–H groups in total. The third-order valence-corrected chi connectivity index (χ3v) is 4.51. The number of pyridine rings is 1. The lowest BCUT2D eigenvalue weighted by atomic mass is 9.92. The molecule has 118 valence electrons. The van der Waals surface area contributed by atoms with Crippen molar-refractivity contribution in [3.8, 4) is 0 Å². The number of likely N-dealkylation sites (tertiary alicyclic amines) is 1. The van der Waals surface area contributed by atoms with Gasteiger partial charge in [-0.25, -0.2) is 4.98 Å². The molecule has 0 spiro atoms. The number of aliphatic hydroxyl groups is 1. The van der Waals surface area contributed by atoms with Gasteiger partial charge >= 0.3 is 0 Å². The molecule has 0 saturated carbocycles. The van der Waals surface area contributed by atoms with Crippen molar-refractivity contribution in [1.29, 1.82) is 0 Å². The highest BCUT2D eigenvalue weighted by Crippen LogP contribution is 2.24. The first kappa shape index (κ1) is 16.5. The van der Waals surface area contributed by atoms with Gasteiger partial charge in [0.25, 0.3) is 0 Å². The lowest BCUT2D eigenvalue weighted by Gasteiger charge is -2.33. The van der Waals surface area contributed by atoms with Crippen molar-refractivity contribution in [3.05, 3.63) is 22.8 Å². The van der Waals surface area contributed by atoms with Crippen molar-refractivity contribution in [2.24, 2.45) is 5.92 Å². The SMILES string of the molecule is CCCNc1ccc(Cl)c(CN2CCC(C(C)O)CC2)n1. The normalized spacial score (nSPS) is 18.7. The lowest BCUT2D eigenvalue weighted by molar-refractivity contribution is 0.0692. The maximum Gasteiger partial charge on any atom is 0.126 e. The van der Waals surface area contributed by atoms with E-state index in [1.54, 1.807) is 0 Å². The summed E-state index contributed by atoms with van der Waals surface area (Å²) in [5.74, 6) is 1.33. The molecule has 1 aromatic heterocycles. The zero-order chi connectivity index (χ0) is 15.2. The number of hydrogen-bond acceptors (Lipinski definition) is 4. The molecule has 0 radical (unpaired) electrons. The summed E-state index contributed by atoms with van der Waals surface area (Å²) in [4.78, 5) is 7.00. The van der Waals surface area contributed by atoms with Crippen LogP contribution in [-0.2, 0) is 6.54 Å². The first-order valence-corrected chi connectivity index (χ1v) is 8.27. The van der Waals surface area contributed by atoms with Gasteiger partial charge in [-0.1, -0.05) is 18.5 Å². The molecule has 0 aliphatic carbocycles. The third kappa shape index (κ3) is 4.83. The molecule has 1 unspecified atom stereocenters. The Morgan fingerprint density at radius 2 is 2.14 bits per heavy atom. The van der Waals surface area contributed by atoms with Crippen LogP contribution in [0.5, 0.6) is 0 Å². The summed E-state index contributed by atoms with van der Waals surface area (Å²) >= 11 is 6.27. The number of nitrogens with zero attached hydrogens (tertiary/aromatic N) is 2. The van der Waals surface area contributed by atoms with Gasteiger partial charge in [-0.05, 0) is 57.3 Å². The van der Waals surface area contributed by atoms with Crippen molar-refractivity contribution < 1.29 is 5.11 Å². The monoisotopic (exact) mass is 311 g/mol. The molecule has 1 fully saturated rings. The van der Waals surface area contributed by atoms with Gasteiger partial charge < -0.3 is 10.4 Å². The zero-order valence-electron chi connectivity index (χ0n) is 13.0. The van der Waals surface area contributed by atoms with E-state index < -0.39 is 0 Å². The fourth-order valence-electron chi connectivity index (χ4n) is 2.75. The minimum Gasteiger partial charge on any atom is -0.393 e. The van der Waals surface area contributed by atoms with E-state index in [1.807, 2.05) is 19.1 Å². The van der Waals surface area contributed by atoms with Crippen LogP contribution in [0.4, 0.5) is 5.82 Å². The van der Waals surface area contributed by atoms with E-state index in [4.69, 9.17) is 11.6 Å². The smallest absolute Gasteiger partial charge is 0.126 e. The van der Waals surface area contributed by atoms with Crippen molar-refractivity contribution in [2.45, 2.75) is 45.8 Å². The predicted molar refractivity (Wildman–Crippen MR) is 87.7 cm³/mol. The lowest BCUT2D eigenvalue weighted by Crippen LogP contribution is -2.36. The van der Waals surface area contributed by atoms with Gasteiger partial charge in [0, 0.05) is 13.1 Å². The van der Waals surface area contributed by atoms with Gasteiger partial charge in [0.1, 0.15) is 5.82 Å². The zero-order valence-corrected chi connectivity index (χ0v) is 13.7. The number of rotatable bonds is 6. The summed E-state index contributed by atoms with van der Waals surface area (Å²) in [6.07, 6.45) is 2.97. The summed E-state index contributed by atoms with van der Waals surface area (Å²) < 4.78 is 0. The van der Waals surface area contributed by atoms with Crippen LogP contribution in [-0.4, -0.2) is 40.7 Å². The maximum atomic E-state index is 9.66. The molecule has 0 amide bonds. The molecule has 1 aromatic rings. The molecule has 1 aliphatic heterocycles. The Morgan fingerprint density at radius 3 is 2.76 bits per heavy atom. The Balaban J connectivity index is 1.93. The maximum absolute atomic E-state index is 9.66. The molecule has 4 nitrogen and oxygen atoms in total. The number of hydrogen-bond donors (Lipinski definition) is 2. The Kier molecular flexibility index (Phi) is 6.27. The molecule has 21 heavy (non-hydrogen) atoms. The van der Waals surface area contributed by atoms with Crippen LogP contribution in [0.15, 0.2) is 12.1 Å². The average Bonchev–Trinajstić information content (AvgIpc) is 2.48. The average molecular weight is 312 g/mol. The molecular weight excluding hydrogens is 286 g/mol. The van der Waals surface area contributed by atoms with Crippen LogP contribution >= 0.6 is 11.6 Å². The minimum atomic E-state index is -0.199. The molecule has 5 heteroatoms. The van der Waals surface area contributed by atoms with E-state index in [0.29, 0.717) is 5.92 Å². The highest BCUT2D eigenvalue weighted by molar-refractivity contribution is 6.31. The van der Waals surface area contributed by atoms with Crippen LogP contribution < -0.4 is 5.32 Å². The topological polar surface area (TPSA) is 48.4 Å². The van der Waals surface area contributed by atoms with Crippen LogP contribution in [0.1, 0.15) is 38.8 Å². The molecule has 2 heterocycles. The third-order valence-electron chi connectivity index (χ3n) is 4.16. The second-order valence-corrected chi connectivity index (χ2v) is 6.31.